The standard InChI is InChI=1S/C12H19BrClNS/c1-5-6-15-10(12(2,3)4)9-7-8(13)11(14)16-9/h7,10,15H,5-6H2,1-4H3. The van der Waals surface area contributed by atoms with Crippen molar-refractivity contribution < 1.29 is 0 Å². The van der Waals surface area contributed by atoms with E-state index in [1.54, 1.807) is 11.3 Å². The second kappa shape index (κ2) is 5.85. The van der Waals surface area contributed by atoms with Crippen LogP contribution in [-0.4, -0.2) is 6.54 Å². The van der Waals surface area contributed by atoms with Gasteiger partial charge in [0.05, 0.1) is 0 Å². The number of thiophene rings is 1. The quantitative estimate of drug-likeness (QED) is 0.797. The molecule has 1 nitrogen and oxygen atoms in total. The van der Waals surface area contributed by atoms with E-state index in [4.69, 9.17) is 11.6 Å². The van der Waals surface area contributed by atoms with Crippen LogP contribution in [0.2, 0.25) is 4.34 Å². The van der Waals surface area contributed by atoms with Crippen molar-refractivity contribution in [3.05, 3.63) is 19.8 Å². The molecule has 0 aliphatic carbocycles. The Labute approximate surface area is 116 Å². The molecular weight excluding hydrogens is 306 g/mol. The van der Waals surface area contributed by atoms with E-state index < -0.39 is 0 Å². The molecular formula is C12H19BrClNS. The molecule has 1 rings (SSSR count). The summed E-state index contributed by atoms with van der Waals surface area (Å²) in [5, 5.41) is 3.60. The van der Waals surface area contributed by atoms with Crippen LogP contribution < -0.4 is 5.32 Å². The highest BCUT2D eigenvalue weighted by Gasteiger charge is 2.27. The van der Waals surface area contributed by atoms with Gasteiger partial charge in [-0.1, -0.05) is 39.3 Å². The molecule has 0 aliphatic rings. The molecule has 0 aliphatic heterocycles. The van der Waals surface area contributed by atoms with Crippen LogP contribution in [0, 0.1) is 5.41 Å². The van der Waals surface area contributed by atoms with Gasteiger partial charge in [0.2, 0.25) is 0 Å². The molecule has 0 radical (unpaired) electrons. The molecule has 0 amide bonds. The molecule has 92 valence electrons. The normalized spacial score (nSPS) is 14.1. The van der Waals surface area contributed by atoms with E-state index in [-0.39, 0.29) is 5.41 Å². The van der Waals surface area contributed by atoms with Gasteiger partial charge >= 0.3 is 0 Å². The maximum atomic E-state index is 6.10. The third-order valence-electron chi connectivity index (χ3n) is 2.41. The second-order valence-electron chi connectivity index (χ2n) is 5.02. The van der Waals surface area contributed by atoms with Gasteiger partial charge in [0, 0.05) is 15.4 Å². The molecule has 0 saturated carbocycles. The summed E-state index contributed by atoms with van der Waals surface area (Å²) in [4.78, 5) is 1.30. The van der Waals surface area contributed by atoms with Crippen molar-refractivity contribution in [1.29, 1.82) is 0 Å². The minimum atomic E-state index is 0.197. The number of hydrogen-bond acceptors (Lipinski definition) is 2. The summed E-state index contributed by atoms with van der Waals surface area (Å²) in [5.41, 5.74) is 0.197. The van der Waals surface area contributed by atoms with Gasteiger partial charge in [0.1, 0.15) is 4.34 Å². The molecule has 0 saturated heterocycles. The lowest BCUT2D eigenvalue weighted by molar-refractivity contribution is 0.277. The van der Waals surface area contributed by atoms with Crippen LogP contribution in [0.5, 0.6) is 0 Å². The molecule has 1 unspecified atom stereocenters. The summed E-state index contributed by atoms with van der Waals surface area (Å²) in [6, 6.07) is 2.49. The van der Waals surface area contributed by atoms with E-state index in [2.05, 4.69) is 55.0 Å². The first-order valence-corrected chi connectivity index (χ1v) is 7.53. The van der Waals surface area contributed by atoms with Crippen LogP contribution in [0.25, 0.3) is 0 Å². The number of rotatable bonds is 4. The Hall–Kier alpha value is 0.430. The number of halogens is 2. The Morgan fingerprint density at radius 1 is 1.50 bits per heavy atom. The lowest BCUT2D eigenvalue weighted by Gasteiger charge is -2.30. The predicted molar refractivity (Wildman–Crippen MR) is 77.5 cm³/mol. The lowest BCUT2D eigenvalue weighted by atomic mass is 9.86. The minimum absolute atomic E-state index is 0.197. The van der Waals surface area contributed by atoms with Crippen molar-refractivity contribution in [2.45, 2.75) is 40.2 Å². The summed E-state index contributed by atoms with van der Waals surface area (Å²) >= 11 is 11.2. The molecule has 1 aromatic rings. The van der Waals surface area contributed by atoms with Gasteiger partial charge in [-0.3, -0.25) is 0 Å². The highest BCUT2D eigenvalue weighted by molar-refractivity contribution is 9.10. The molecule has 0 spiro atoms. The first kappa shape index (κ1) is 14.5. The van der Waals surface area contributed by atoms with Crippen molar-refractivity contribution in [1.82, 2.24) is 5.32 Å². The molecule has 4 heteroatoms. The van der Waals surface area contributed by atoms with Gasteiger partial charge in [0.15, 0.2) is 0 Å². The summed E-state index contributed by atoms with van der Waals surface area (Å²) in [7, 11) is 0. The van der Waals surface area contributed by atoms with Crippen molar-refractivity contribution in [2.24, 2.45) is 5.41 Å². The van der Waals surface area contributed by atoms with Crippen LogP contribution in [0.15, 0.2) is 10.5 Å². The third kappa shape index (κ3) is 3.73. The smallest absolute Gasteiger partial charge is 0.107 e. The fourth-order valence-corrected chi connectivity index (χ4v) is 3.69. The minimum Gasteiger partial charge on any atom is -0.309 e. The Bertz CT molecular complexity index is 324. The van der Waals surface area contributed by atoms with Crippen molar-refractivity contribution in [2.75, 3.05) is 6.54 Å². The molecule has 1 N–H and O–H groups in total. The largest absolute Gasteiger partial charge is 0.309 e. The van der Waals surface area contributed by atoms with E-state index >= 15 is 0 Å². The highest BCUT2D eigenvalue weighted by Crippen LogP contribution is 2.41. The predicted octanol–water partition coefficient (Wildman–Crippen LogP) is 5.25. The fourth-order valence-electron chi connectivity index (χ4n) is 1.63. The molecule has 1 heterocycles. The van der Waals surface area contributed by atoms with Crippen LogP contribution in [0.4, 0.5) is 0 Å². The van der Waals surface area contributed by atoms with Gasteiger partial charge in [-0.25, -0.2) is 0 Å². The van der Waals surface area contributed by atoms with Crippen LogP contribution in [-0.2, 0) is 0 Å². The summed E-state index contributed by atoms with van der Waals surface area (Å²) in [6.45, 7) is 9.98. The SMILES string of the molecule is CCCNC(c1cc(Br)c(Cl)s1)C(C)(C)C. The molecule has 1 atom stereocenters. The molecule has 0 bridgehead atoms. The van der Waals surface area contributed by atoms with Gasteiger partial charge in [-0.2, -0.15) is 0 Å². The summed E-state index contributed by atoms with van der Waals surface area (Å²) < 4.78 is 1.84. The number of hydrogen-bond donors (Lipinski definition) is 1. The molecule has 0 aromatic carbocycles. The van der Waals surface area contributed by atoms with E-state index in [1.165, 1.54) is 4.88 Å². The van der Waals surface area contributed by atoms with E-state index in [0.29, 0.717) is 6.04 Å². The van der Waals surface area contributed by atoms with Gasteiger partial charge < -0.3 is 5.32 Å². The Balaban J connectivity index is 2.92. The first-order chi connectivity index (χ1) is 7.36. The Kier molecular flexibility index (Phi) is 5.30. The van der Waals surface area contributed by atoms with E-state index in [9.17, 15) is 0 Å². The Morgan fingerprint density at radius 2 is 2.12 bits per heavy atom. The van der Waals surface area contributed by atoms with Gasteiger partial charge in [0.25, 0.3) is 0 Å². The zero-order valence-electron chi connectivity index (χ0n) is 10.2. The third-order valence-corrected chi connectivity index (χ3v) is 4.95. The van der Waals surface area contributed by atoms with Gasteiger partial charge in [-0.15, -0.1) is 11.3 Å². The molecule has 0 fully saturated rings. The summed E-state index contributed by atoms with van der Waals surface area (Å²) in [5.74, 6) is 0. The highest BCUT2D eigenvalue weighted by atomic mass is 79.9. The van der Waals surface area contributed by atoms with Crippen molar-refractivity contribution in [3.63, 3.8) is 0 Å². The average Bonchev–Trinajstić information content (AvgIpc) is 2.45. The summed E-state index contributed by atoms with van der Waals surface area (Å²) in [6.07, 6.45) is 1.15. The molecule has 1 aromatic heterocycles. The maximum absolute atomic E-state index is 6.10. The average molecular weight is 325 g/mol. The van der Waals surface area contributed by atoms with E-state index in [0.717, 1.165) is 21.8 Å². The molecule has 16 heavy (non-hydrogen) atoms. The van der Waals surface area contributed by atoms with Crippen LogP contribution >= 0.6 is 38.9 Å². The van der Waals surface area contributed by atoms with Crippen molar-refractivity contribution in [3.8, 4) is 0 Å². The first-order valence-electron chi connectivity index (χ1n) is 5.54. The van der Waals surface area contributed by atoms with Crippen LogP contribution in [0.3, 0.4) is 0 Å². The Morgan fingerprint density at radius 3 is 2.50 bits per heavy atom. The van der Waals surface area contributed by atoms with E-state index in [1.807, 2.05) is 0 Å². The lowest BCUT2D eigenvalue weighted by Crippen LogP contribution is -2.32. The van der Waals surface area contributed by atoms with Crippen molar-refractivity contribution >= 4 is 38.9 Å². The maximum Gasteiger partial charge on any atom is 0.107 e. The zero-order chi connectivity index (χ0) is 12.3. The topological polar surface area (TPSA) is 12.0 Å². The zero-order valence-corrected chi connectivity index (χ0v) is 13.4. The van der Waals surface area contributed by atoms with Gasteiger partial charge in [-0.05, 0) is 40.4 Å². The fraction of sp³-hybridized carbons (Fsp3) is 0.667. The number of nitrogens with one attached hydrogen (secondary N) is 1. The second-order valence-corrected chi connectivity index (χ2v) is 7.56. The monoisotopic (exact) mass is 323 g/mol. The van der Waals surface area contributed by atoms with Crippen LogP contribution in [0.1, 0.15) is 45.0 Å².